The Balaban J connectivity index is 2.77. The van der Waals surface area contributed by atoms with E-state index in [9.17, 15) is 4.79 Å². The first kappa shape index (κ1) is 11.5. The van der Waals surface area contributed by atoms with E-state index in [0.29, 0.717) is 0 Å². The van der Waals surface area contributed by atoms with Crippen LogP contribution in [0.4, 0.5) is 0 Å². The molecule has 0 bridgehead atoms. The fourth-order valence-electron chi connectivity index (χ4n) is 1.49. The van der Waals surface area contributed by atoms with Crippen molar-refractivity contribution >= 4 is 5.97 Å². The molecule has 80 valence electrons. The van der Waals surface area contributed by atoms with Gasteiger partial charge in [0.15, 0.2) is 0 Å². The molecule has 0 aromatic heterocycles. The van der Waals surface area contributed by atoms with Gasteiger partial charge < -0.3 is 4.74 Å². The van der Waals surface area contributed by atoms with Gasteiger partial charge in [-0.15, -0.1) is 0 Å². The van der Waals surface area contributed by atoms with Gasteiger partial charge in [0, 0.05) is 12.8 Å². The van der Waals surface area contributed by atoms with Crippen LogP contribution in [-0.2, 0) is 9.53 Å². The highest BCUT2D eigenvalue weighted by Crippen LogP contribution is 2.21. The molecule has 1 aromatic carbocycles. The van der Waals surface area contributed by atoms with E-state index in [1.165, 1.54) is 6.92 Å². The minimum Gasteiger partial charge on any atom is -0.458 e. The number of hydrogen-bond acceptors (Lipinski definition) is 2. The summed E-state index contributed by atoms with van der Waals surface area (Å²) in [6.07, 6.45) is 1.41. The lowest BCUT2D eigenvalue weighted by molar-refractivity contribution is -0.144. The molecule has 0 saturated heterocycles. The smallest absolute Gasteiger partial charge is 0.303 e. The van der Waals surface area contributed by atoms with Crippen molar-refractivity contribution < 1.29 is 9.53 Å². The number of ether oxygens (including phenoxy) is 1. The SMILES string of the molecule is C=C[C@H](OC(C)=O)[C@@H](C)c1ccccc1. The van der Waals surface area contributed by atoms with Gasteiger partial charge >= 0.3 is 5.97 Å². The number of hydrogen-bond donors (Lipinski definition) is 0. The molecule has 0 saturated carbocycles. The second-order valence-electron chi connectivity index (χ2n) is 3.51. The van der Waals surface area contributed by atoms with Crippen LogP contribution < -0.4 is 0 Å². The predicted molar refractivity (Wildman–Crippen MR) is 60.6 cm³/mol. The Labute approximate surface area is 90.6 Å². The summed E-state index contributed by atoms with van der Waals surface area (Å²) in [6, 6.07) is 9.94. The molecule has 0 aliphatic heterocycles. The van der Waals surface area contributed by atoms with Crippen molar-refractivity contribution in [1.29, 1.82) is 0 Å². The van der Waals surface area contributed by atoms with Crippen molar-refractivity contribution in [2.45, 2.75) is 25.9 Å². The summed E-state index contributed by atoms with van der Waals surface area (Å²) >= 11 is 0. The molecule has 1 rings (SSSR count). The first-order valence-electron chi connectivity index (χ1n) is 5.00. The molecule has 0 N–H and O–H groups in total. The largest absolute Gasteiger partial charge is 0.458 e. The second kappa shape index (κ2) is 5.35. The van der Waals surface area contributed by atoms with Crippen LogP contribution in [0.3, 0.4) is 0 Å². The lowest BCUT2D eigenvalue weighted by atomic mass is 9.95. The molecule has 1 aromatic rings. The van der Waals surface area contributed by atoms with Gasteiger partial charge in [-0.2, -0.15) is 0 Å². The van der Waals surface area contributed by atoms with E-state index in [1.807, 2.05) is 37.3 Å². The summed E-state index contributed by atoms with van der Waals surface area (Å²) in [6.45, 7) is 7.11. The lowest BCUT2D eigenvalue weighted by Gasteiger charge is -2.20. The third kappa shape index (κ3) is 3.24. The highest BCUT2D eigenvalue weighted by molar-refractivity contribution is 5.66. The number of carbonyl (C=O) groups excluding carboxylic acids is 1. The van der Waals surface area contributed by atoms with Crippen LogP contribution in [0.15, 0.2) is 43.0 Å². The monoisotopic (exact) mass is 204 g/mol. The molecule has 0 spiro atoms. The average molecular weight is 204 g/mol. The highest BCUT2D eigenvalue weighted by Gasteiger charge is 2.18. The van der Waals surface area contributed by atoms with E-state index < -0.39 is 0 Å². The molecule has 2 atom stereocenters. The minimum atomic E-state index is -0.275. The van der Waals surface area contributed by atoms with Crippen molar-refractivity contribution in [3.8, 4) is 0 Å². The molecule has 0 radical (unpaired) electrons. The third-order valence-electron chi connectivity index (χ3n) is 2.35. The summed E-state index contributed by atoms with van der Waals surface area (Å²) in [4.78, 5) is 10.9. The van der Waals surface area contributed by atoms with Gasteiger partial charge in [0.2, 0.25) is 0 Å². The number of rotatable bonds is 4. The highest BCUT2D eigenvalue weighted by atomic mass is 16.5. The quantitative estimate of drug-likeness (QED) is 0.557. The van der Waals surface area contributed by atoms with Crippen molar-refractivity contribution in [3.05, 3.63) is 48.6 Å². The third-order valence-corrected chi connectivity index (χ3v) is 2.35. The minimum absolute atomic E-state index is 0.132. The first-order chi connectivity index (χ1) is 7.15. The molecular formula is C13H16O2. The van der Waals surface area contributed by atoms with Gasteiger partial charge in [-0.05, 0) is 5.56 Å². The van der Waals surface area contributed by atoms with Crippen molar-refractivity contribution in [1.82, 2.24) is 0 Å². The van der Waals surface area contributed by atoms with Crippen molar-refractivity contribution in [2.75, 3.05) is 0 Å². The maximum Gasteiger partial charge on any atom is 0.303 e. The maximum absolute atomic E-state index is 10.9. The standard InChI is InChI=1S/C13H16O2/c1-4-13(15-11(3)14)10(2)12-8-6-5-7-9-12/h4-10,13H,1H2,2-3H3/t10-,13-/m0/s1. The Morgan fingerprint density at radius 2 is 2.00 bits per heavy atom. The van der Waals surface area contributed by atoms with Gasteiger partial charge in [0.05, 0.1) is 0 Å². The van der Waals surface area contributed by atoms with Gasteiger partial charge in [-0.1, -0.05) is 49.9 Å². The molecule has 0 aliphatic carbocycles. The molecule has 2 heteroatoms. The maximum atomic E-state index is 10.9. The molecule has 2 nitrogen and oxygen atoms in total. The summed E-state index contributed by atoms with van der Waals surface area (Å²) in [7, 11) is 0. The zero-order valence-corrected chi connectivity index (χ0v) is 9.14. The van der Waals surface area contributed by atoms with Gasteiger partial charge in [-0.3, -0.25) is 4.79 Å². The molecule has 0 amide bonds. The fraction of sp³-hybridized carbons (Fsp3) is 0.308. The van der Waals surface area contributed by atoms with Crippen LogP contribution in [-0.4, -0.2) is 12.1 Å². The number of carbonyl (C=O) groups is 1. The van der Waals surface area contributed by atoms with E-state index in [2.05, 4.69) is 6.58 Å². The zero-order chi connectivity index (χ0) is 11.3. The topological polar surface area (TPSA) is 26.3 Å². The average Bonchev–Trinajstić information content (AvgIpc) is 2.26. The summed E-state index contributed by atoms with van der Waals surface area (Å²) in [5, 5.41) is 0. The molecule has 0 unspecified atom stereocenters. The van der Waals surface area contributed by atoms with E-state index in [0.717, 1.165) is 5.56 Å². The van der Waals surface area contributed by atoms with Crippen LogP contribution >= 0.6 is 0 Å². The van der Waals surface area contributed by atoms with Gasteiger partial charge in [-0.25, -0.2) is 0 Å². The zero-order valence-electron chi connectivity index (χ0n) is 9.14. The van der Waals surface area contributed by atoms with E-state index in [4.69, 9.17) is 4.74 Å². The molecule has 15 heavy (non-hydrogen) atoms. The predicted octanol–water partition coefficient (Wildman–Crippen LogP) is 2.91. The second-order valence-corrected chi connectivity index (χ2v) is 3.51. The normalized spacial score (nSPS) is 14.0. The van der Waals surface area contributed by atoms with E-state index in [1.54, 1.807) is 6.08 Å². The van der Waals surface area contributed by atoms with Crippen molar-refractivity contribution in [2.24, 2.45) is 0 Å². The molecule has 0 aliphatic rings. The summed E-state index contributed by atoms with van der Waals surface area (Å²) in [5.74, 6) is -0.143. The Kier molecular flexibility index (Phi) is 4.10. The molecule has 0 heterocycles. The summed E-state index contributed by atoms with van der Waals surface area (Å²) < 4.78 is 5.16. The van der Waals surface area contributed by atoms with E-state index >= 15 is 0 Å². The van der Waals surface area contributed by atoms with E-state index in [-0.39, 0.29) is 18.0 Å². The first-order valence-corrected chi connectivity index (χ1v) is 5.00. The fourth-order valence-corrected chi connectivity index (χ4v) is 1.49. The lowest BCUT2D eigenvalue weighted by Crippen LogP contribution is -2.20. The Hall–Kier alpha value is -1.57. The Morgan fingerprint density at radius 1 is 1.40 bits per heavy atom. The Morgan fingerprint density at radius 3 is 2.47 bits per heavy atom. The van der Waals surface area contributed by atoms with Crippen LogP contribution in [0, 0.1) is 0 Å². The van der Waals surface area contributed by atoms with Crippen molar-refractivity contribution in [3.63, 3.8) is 0 Å². The van der Waals surface area contributed by atoms with Crippen LogP contribution in [0.2, 0.25) is 0 Å². The van der Waals surface area contributed by atoms with Crippen LogP contribution in [0.25, 0.3) is 0 Å². The van der Waals surface area contributed by atoms with Gasteiger partial charge in [0.25, 0.3) is 0 Å². The number of esters is 1. The number of benzene rings is 1. The van der Waals surface area contributed by atoms with Crippen LogP contribution in [0.5, 0.6) is 0 Å². The van der Waals surface area contributed by atoms with Crippen LogP contribution in [0.1, 0.15) is 25.3 Å². The Bertz CT molecular complexity index is 330. The molecule has 0 fully saturated rings. The molecular weight excluding hydrogens is 188 g/mol. The summed E-state index contributed by atoms with van der Waals surface area (Å²) in [5.41, 5.74) is 1.14. The van der Waals surface area contributed by atoms with Gasteiger partial charge in [0.1, 0.15) is 6.10 Å².